The van der Waals surface area contributed by atoms with Gasteiger partial charge in [-0.2, -0.15) is 0 Å². The quantitative estimate of drug-likeness (QED) is 0.707. The number of carbonyl (C=O) groups excluding carboxylic acids is 1. The number of rotatable bonds is 4. The van der Waals surface area contributed by atoms with Crippen molar-refractivity contribution in [3.63, 3.8) is 0 Å². The van der Waals surface area contributed by atoms with Gasteiger partial charge in [0.05, 0.1) is 11.0 Å². The molecule has 0 aliphatic rings. The standard InChI is InChI=1S/C20H21N3O3/c1-4-23-17-8-7-14(10-16(17)22-19(25)20(23)26)18(24)21-11-15-6-5-12(2)9-13(15)3/h5-10H,4,11H2,1-3H3,(H,21,24)(H,22,25). The highest BCUT2D eigenvalue weighted by atomic mass is 16.2. The van der Waals surface area contributed by atoms with Crippen LogP contribution in [0, 0.1) is 13.8 Å². The van der Waals surface area contributed by atoms with Crippen LogP contribution in [0.3, 0.4) is 0 Å². The lowest BCUT2D eigenvalue weighted by molar-refractivity contribution is 0.0951. The molecule has 0 saturated carbocycles. The van der Waals surface area contributed by atoms with E-state index in [0.29, 0.717) is 29.7 Å². The molecule has 26 heavy (non-hydrogen) atoms. The summed E-state index contributed by atoms with van der Waals surface area (Å²) in [6.45, 7) is 6.65. The highest BCUT2D eigenvalue weighted by molar-refractivity contribution is 5.97. The van der Waals surface area contributed by atoms with Crippen LogP contribution < -0.4 is 16.4 Å². The highest BCUT2D eigenvalue weighted by Crippen LogP contribution is 2.13. The van der Waals surface area contributed by atoms with Crippen LogP contribution in [0.1, 0.15) is 34.0 Å². The Bertz CT molecular complexity index is 1110. The third kappa shape index (κ3) is 3.31. The second-order valence-electron chi connectivity index (χ2n) is 6.35. The number of nitrogens with zero attached hydrogens (tertiary/aromatic N) is 1. The number of benzene rings is 2. The number of hydrogen-bond donors (Lipinski definition) is 2. The van der Waals surface area contributed by atoms with E-state index in [9.17, 15) is 14.4 Å². The van der Waals surface area contributed by atoms with Gasteiger partial charge in [-0.25, -0.2) is 0 Å². The van der Waals surface area contributed by atoms with Crippen molar-refractivity contribution >= 4 is 16.9 Å². The van der Waals surface area contributed by atoms with Gasteiger partial charge in [0.1, 0.15) is 0 Å². The lowest BCUT2D eigenvalue weighted by Crippen LogP contribution is -2.36. The van der Waals surface area contributed by atoms with E-state index in [1.165, 1.54) is 10.1 Å². The summed E-state index contributed by atoms with van der Waals surface area (Å²) in [7, 11) is 0. The molecule has 0 aliphatic carbocycles. The topological polar surface area (TPSA) is 84.0 Å². The number of aromatic amines is 1. The molecule has 2 N–H and O–H groups in total. The van der Waals surface area contributed by atoms with E-state index in [0.717, 1.165) is 11.1 Å². The van der Waals surface area contributed by atoms with E-state index < -0.39 is 11.1 Å². The summed E-state index contributed by atoms with van der Waals surface area (Å²) in [5, 5.41) is 2.90. The van der Waals surface area contributed by atoms with Gasteiger partial charge < -0.3 is 14.9 Å². The normalized spacial score (nSPS) is 10.9. The lowest BCUT2D eigenvalue weighted by atomic mass is 10.1. The first-order valence-corrected chi connectivity index (χ1v) is 8.52. The fourth-order valence-electron chi connectivity index (χ4n) is 3.06. The van der Waals surface area contributed by atoms with Gasteiger partial charge >= 0.3 is 11.1 Å². The first-order valence-electron chi connectivity index (χ1n) is 8.52. The molecule has 134 valence electrons. The molecule has 0 radical (unpaired) electrons. The smallest absolute Gasteiger partial charge is 0.316 e. The average molecular weight is 351 g/mol. The Balaban J connectivity index is 1.88. The Labute approximate surface area is 150 Å². The lowest BCUT2D eigenvalue weighted by Gasteiger charge is -2.11. The average Bonchev–Trinajstić information content (AvgIpc) is 2.61. The summed E-state index contributed by atoms with van der Waals surface area (Å²) in [4.78, 5) is 38.7. The van der Waals surface area contributed by atoms with Crippen molar-refractivity contribution in [3.05, 3.63) is 79.4 Å². The molecule has 0 saturated heterocycles. The summed E-state index contributed by atoms with van der Waals surface area (Å²) < 4.78 is 1.39. The summed E-state index contributed by atoms with van der Waals surface area (Å²) in [5.74, 6) is -0.234. The first-order chi connectivity index (χ1) is 12.4. The van der Waals surface area contributed by atoms with Gasteiger partial charge in [0.15, 0.2) is 0 Å². The zero-order chi connectivity index (χ0) is 18.8. The molecular formula is C20H21N3O3. The fourth-order valence-corrected chi connectivity index (χ4v) is 3.06. The van der Waals surface area contributed by atoms with Crippen molar-refractivity contribution in [1.29, 1.82) is 0 Å². The molecule has 0 atom stereocenters. The highest BCUT2D eigenvalue weighted by Gasteiger charge is 2.11. The summed E-state index contributed by atoms with van der Waals surface area (Å²) >= 11 is 0. The zero-order valence-electron chi connectivity index (χ0n) is 15.1. The molecule has 6 nitrogen and oxygen atoms in total. The zero-order valence-corrected chi connectivity index (χ0v) is 15.1. The molecule has 6 heteroatoms. The molecule has 3 rings (SSSR count). The van der Waals surface area contributed by atoms with Gasteiger partial charge in [-0.05, 0) is 50.1 Å². The Morgan fingerprint density at radius 2 is 1.88 bits per heavy atom. The molecule has 3 aromatic rings. The molecule has 1 heterocycles. The number of amides is 1. The third-order valence-electron chi connectivity index (χ3n) is 4.49. The number of nitrogens with one attached hydrogen (secondary N) is 2. The van der Waals surface area contributed by atoms with Gasteiger partial charge in [-0.3, -0.25) is 14.4 Å². The van der Waals surface area contributed by atoms with Crippen LogP contribution in [0.2, 0.25) is 0 Å². The van der Waals surface area contributed by atoms with Crippen molar-refractivity contribution in [2.75, 3.05) is 0 Å². The first kappa shape index (κ1) is 17.7. The Hall–Kier alpha value is -3.15. The maximum Gasteiger partial charge on any atom is 0.316 e. The van der Waals surface area contributed by atoms with E-state index >= 15 is 0 Å². The predicted octanol–water partition coefficient (Wildman–Crippen LogP) is 2.26. The number of hydrogen-bond acceptors (Lipinski definition) is 3. The third-order valence-corrected chi connectivity index (χ3v) is 4.49. The van der Waals surface area contributed by atoms with Crippen molar-refractivity contribution in [3.8, 4) is 0 Å². The van der Waals surface area contributed by atoms with E-state index in [1.807, 2.05) is 26.0 Å². The van der Waals surface area contributed by atoms with E-state index in [1.54, 1.807) is 25.1 Å². The molecule has 2 aromatic carbocycles. The van der Waals surface area contributed by atoms with Gasteiger partial charge in [0.25, 0.3) is 5.91 Å². The van der Waals surface area contributed by atoms with E-state index in [2.05, 4.69) is 16.4 Å². The summed E-state index contributed by atoms with van der Waals surface area (Å²) in [6, 6.07) is 11.0. The van der Waals surface area contributed by atoms with Crippen LogP contribution in [0.15, 0.2) is 46.0 Å². The molecular weight excluding hydrogens is 330 g/mol. The fraction of sp³-hybridized carbons (Fsp3) is 0.250. The van der Waals surface area contributed by atoms with Crippen LogP contribution >= 0.6 is 0 Å². The number of fused-ring (bicyclic) bond motifs is 1. The Morgan fingerprint density at radius 1 is 1.12 bits per heavy atom. The van der Waals surface area contributed by atoms with Gasteiger partial charge in [0.2, 0.25) is 0 Å². The van der Waals surface area contributed by atoms with Crippen LogP contribution in [0.5, 0.6) is 0 Å². The van der Waals surface area contributed by atoms with Crippen molar-refractivity contribution in [2.24, 2.45) is 0 Å². The van der Waals surface area contributed by atoms with Crippen molar-refractivity contribution < 1.29 is 4.79 Å². The number of carbonyl (C=O) groups is 1. The van der Waals surface area contributed by atoms with Crippen LogP contribution in [0.4, 0.5) is 0 Å². The molecule has 0 bridgehead atoms. The molecule has 1 amide bonds. The second kappa shape index (κ2) is 7.00. The minimum atomic E-state index is -0.688. The minimum Gasteiger partial charge on any atom is -0.348 e. The molecule has 0 spiro atoms. The largest absolute Gasteiger partial charge is 0.348 e. The monoisotopic (exact) mass is 351 g/mol. The van der Waals surface area contributed by atoms with Gasteiger partial charge in [-0.15, -0.1) is 0 Å². The van der Waals surface area contributed by atoms with Crippen LogP contribution in [-0.2, 0) is 13.1 Å². The molecule has 0 unspecified atom stereocenters. The molecule has 0 aliphatic heterocycles. The number of aromatic nitrogens is 2. The van der Waals surface area contributed by atoms with Crippen LogP contribution in [-0.4, -0.2) is 15.5 Å². The summed E-state index contributed by atoms with van der Waals surface area (Å²) in [5.41, 5.74) is 3.58. The van der Waals surface area contributed by atoms with E-state index in [4.69, 9.17) is 0 Å². The molecule has 1 aromatic heterocycles. The minimum absolute atomic E-state index is 0.234. The number of H-pyrrole nitrogens is 1. The maximum absolute atomic E-state index is 12.5. The maximum atomic E-state index is 12.5. The Morgan fingerprint density at radius 3 is 2.58 bits per heavy atom. The van der Waals surface area contributed by atoms with Gasteiger partial charge in [0, 0.05) is 18.7 Å². The second-order valence-corrected chi connectivity index (χ2v) is 6.35. The molecule has 0 fully saturated rings. The SMILES string of the molecule is CCn1c(=O)c(=O)[nH]c2cc(C(=O)NCc3ccc(C)cc3C)ccc21. The van der Waals surface area contributed by atoms with Gasteiger partial charge in [-0.1, -0.05) is 23.8 Å². The number of aryl methyl sites for hydroxylation is 3. The van der Waals surface area contributed by atoms with E-state index in [-0.39, 0.29) is 5.91 Å². The van der Waals surface area contributed by atoms with Crippen LogP contribution in [0.25, 0.3) is 11.0 Å². The Kier molecular flexibility index (Phi) is 4.75. The predicted molar refractivity (Wildman–Crippen MR) is 102 cm³/mol. The van der Waals surface area contributed by atoms with Crippen molar-refractivity contribution in [1.82, 2.24) is 14.9 Å². The van der Waals surface area contributed by atoms with Crippen molar-refractivity contribution in [2.45, 2.75) is 33.9 Å². The summed E-state index contributed by atoms with van der Waals surface area (Å²) in [6.07, 6.45) is 0.